The van der Waals surface area contributed by atoms with E-state index in [1.165, 1.54) is 25.9 Å². The van der Waals surface area contributed by atoms with Crippen LogP contribution in [0.15, 0.2) is 67.0 Å². The molecule has 0 radical (unpaired) electrons. The number of carbonyl (C=O) groups is 1. The summed E-state index contributed by atoms with van der Waals surface area (Å²) in [5.74, 6) is 0.639. The Morgan fingerprint density at radius 2 is 1.80 bits per heavy atom. The van der Waals surface area contributed by atoms with Gasteiger partial charge in [0, 0.05) is 29.4 Å². The normalized spacial score (nSPS) is 13.9. The highest BCUT2D eigenvalue weighted by atomic mass is 16.1. The van der Waals surface area contributed by atoms with E-state index < -0.39 is 0 Å². The van der Waals surface area contributed by atoms with Crippen LogP contribution in [0, 0.1) is 0 Å². The first kappa shape index (κ1) is 20.0. The van der Waals surface area contributed by atoms with Gasteiger partial charge in [-0.2, -0.15) is 0 Å². The summed E-state index contributed by atoms with van der Waals surface area (Å²) in [5, 5.41) is 6.30. The number of likely N-dealkylation sites (tertiary alicyclic amines) is 1. The Morgan fingerprint density at radius 1 is 0.967 bits per heavy atom. The summed E-state index contributed by atoms with van der Waals surface area (Å²) in [7, 11) is 0. The van der Waals surface area contributed by atoms with E-state index in [0.29, 0.717) is 17.9 Å². The fraction of sp³-hybridized carbons (Fsp3) is 0.292. The molecule has 1 fully saturated rings. The number of carbonyl (C=O) groups excluding carboxylic acids is 1. The van der Waals surface area contributed by atoms with Crippen LogP contribution in [0.2, 0.25) is 0 Å². The SMILES string of the molecule is O=C(NCCCN1CCCC1)c1cccc(Nc2cc(-c3ccccc3)ncn2)c1. The summed E-state index contributed by atoms with van der Waals surface area (Å²) in [6.45, 7) is 4.13. The van der Waals surface area contributed by atoms with Crippen LogP contribution in [0.1, 0.15) is 29.6 Å². The molecule has 1 aromatic heterocycles. The standard InChI is InChI=1S/C24H27N5O/c30-24(25-12-7-15-29-13-4-5-14-29)20-10-6-11-21(16-20)28-23-17-22(26-18-27-23)19-8-2-1-3-9-19/h1-3,6,8-11,16-18H,4-5,7,12-15H2,(H,25,30)(H,26,27,28). The molecule has 1 saturated heterocycles. The topological polar surface area (TPSA) is 70.2 Å². The summed E-state index contributed by atoms with van der Waals surface area (Å²) >= 11 is 0. The van der Waals surface area contributed by atoms with E-state index in [9.17, 15) is 4.79 Å². The highest BCUT2D eigenvalue weighted by Gasteiger charge is 2.11. The van der Waals surface area contributed by atoms with E-state index in [4.69, 9.17) is 0 Å². The van der Waals surface area contributed by atoms with E-state index in [1.807, 2.05) is 60.7 Å². The maximum Gasteiger partial charge on any atom is 0.251 e. The van der Waals surface area contributed by atoms with Gasteiger partial charge in [0.05, 0.1) is 5.69 Å². The predicted molar refractivity (Wildman–Crippen MR) is 120 cm³/mol. The van der Waals surface area contributed by atoms with Gasteiger partial charge in [-0.25, -0.2) is 9.97 Å². The fourth-order valence-electron chi connectivity index (χ4n) is 3.69. The molecule has 30 heavy (non-hydrogen) atoms. The van der Waals surface area contributed by atoms with Gasteiger partial charge in [-0.15, -0.1) is 0 Å². The molecule has 2 N–H and O–H groups in total. The third-order valence-electron chi connectivity index (χ3n) is 5.27. The highest BCUT2D eigenvalue weighted by molar-refractivity contribution is 5.95. The van der Waals surface area contributed by atoms with Gasteiger partial charge in [-0.3, -0.25) is 4.79 Å². The van der Waals surface area contributed by atoms with Crippen molar-refractivity contribution in [2.24, 2.45) is 0 Å². The average Bonchev–Trinajstić information content (AvgIpc) is 3.31. The Balaban J connectivity index is 1.34. The molecule has 2 aromatic carbocycles. The molecule has 0 atom stereocenters. The number of hydrogen-bond donors (Lipinski definition) is 2. The lowest BCUT2D eigenvalue weighted by Crippen LogP contribution is -2.28. The smallest absolute Gasteiger partial charge is 0.251 e. The minimum atomic E-state index is -0.0484. The van der Waals surface area contributed by atoms with Gasteiger partial charge in [0.2, 0.25) is 0 Å². The largest absolute Gasteiger partial charge is 0.352 e. The van der Waals surface area contributed by atoms with Crippen LogP contribution in [-0.2, 0) is 0 Å². The summed E-state index contributed by atoms with van der Waals surface area (Å²) in [6.07, 6.45) is 5.12. The quantitative estimate of drug-likeness (QED) is 0.556. The van der Waals surface area contributed by atoms with Crippen molar-refractivity contribution in [3.05, 3.63) is 72.6 Å². The molecule has 1 aliphatic heterocycles. The van der Waals surface area contributed by atoms with Crippen LogP contribution in [-0.4, -0.2) is 47.0 Å². The van der Waals surface area contributed by atoms with E-state index >= 15 is 0 Å². The summed E-state index contributed by atoms with van der Waals surface area (Å²) in [4.78, 5) is 23.6. The zero-order chi connectivity index (χ0) is 20.6. The third kappa shape index (κ3) is 5.42. The van der Waals surface area contributed by atoms with Crippen molar-refractivity contribution >= 4 is 17.4 Å². The maximum atomic E-state index is 12.5. The first-order valence-corrected chi connectivity index (χ1v) is 10.5. The van der Waals surface area contributed by atoms with Crippen LogP contribution in [0.4, 0.5) is 11.5 Å². The first-order valence-electron chi connectivity index (χ1n) is 10.5. The zero-order valence-electron chi connectivity index (χ0n) is 17.1. The number of nitrogens with zero attached hydrogens (tertiary/aromatic N) is 3. The second-order valence-corrected chi connectivity index (χ2v) is 7.52. The number of amides is 1. The van der Waals surface area contributed by atoms with E-state index in [2.05, 4.69) is 25.5 Å². The van der Waals surface area contributed by atoms with Gasteiger partial charge in [0.25, 0.3) is 5.91 Å². The van der Waals surface area contributed by atoms with Crippen molar-refractivity contribution < 1.29 is 4.79 Å². The fourth-order valence-corrected chi connectivity index (χ4v) is 3.69. The molecule has 1 aliphatic rings. The van der Waals surface area contributed by atoms with Gasteiger partial charge in [-0.1, -0.05) is 36.4 Å². The Kier molecular flexibility index (Phi) is 6.67. The van der Waals surface area contributed by atoms with Crippen LogP contribution >= 0.6 is 0 Å². The van der Waals surface area contributed by atoms with Crippen molar-refractivity contribution in [1.29, 1.82) is 0 Å². The molecule has 2 heterocycles. The maximum absolute atomic E-state index is 12.5. The second kappa shape index (κ2) is 9.98. The van der Waals surface area contributed by atoms with E-state index in [1.54, 1.807) is 6.33 Å². The van der Waals surface area contributed by atoms with Gasteiger partial charge in [0.1, 0.15) is 12.1 Å². The molecule has 154 valence electrons. The van der Waals surface area contributed by atoms with Gasteiger partial charge in [-0.05, 0) is 57.1 Å². The Labute approximate surface area is 177 Å². The minimum Gasteiger partial charge on any atom is -0.352 e. The second-order valence-electron chi connectivity index (χ2n) is 7.52. The number of rotatable bonds is 8. The summed E-state index contributed by atoms with van der Waals surface area (Å²) < 4.78 is 0. The van der Waals surface area contributed by atoms with Crippen LogP contribution in [0.3, 0.4) is 0 Å². The molecule has 0 spiro atoms. The summed E-state index contributed by atoms with van der Waals surface area (Å²) in [5.41, 5.74) is 3.33. The molecule has 1 amide bonds. The molecular weight excluding hydrogens is 374 g/mol. The van der Waals surface area contributed by atoms with Gasteiger partial charge < -0.3 is 15.5 Å². The number of benzene rings is 2. The lowest BCUT2D eigenvalue weighted by molar-refractivity contribution is 0.0952. The van der Waals surface area contributed by atoms with Gasteiger partial charge >= 0.3 is 0 Å². The Hall–Kier alpha value is -3.25. The number of nitrogens with one attached hydrogen (secondary N) is 2. The number of aromatic nitrogens is 2. The van der Waals surface area contributed by atoms with Crippen molar-refractivity contribution in [2.45, 2.75) is 19.3 Å². The minimum absolute atomic E-state index is 0.0484. The van der Waals surface area contributed by atoms with Crippen molar-refractivity contribution in [3.8, 4) is 11.3 Å². The number of hydrogen-bond acceptors (Lipinski definition) is 5. The van der Waals surface area contributed by atoms with Gasteiger partial charge in [0.15, 0.2) is 0 Å². The lowest BCUT2D eigenvalue weighted by atomic mass is 10.1. The average molecular weight is 402 g/mol. The van der Waals surface area contributed by atoms with E-state index in [0.717, 1.165) is 29.9 Å². The first-order chi connectivity index (χ1) is 14.8. The Morgan fingerprint density at radius 3 is 2.63 bits per heavy atom. The van der Waals surface area contributed by atoms with Crippen molar-refractivity contribution in [1.82, 2.24) is 20.2 Å². The highest BCUT2D eigenvalue weighted by Crippen LogP contribution is 2.21. The molecular formula is C24H27N5O. The monoisotopic (exact) mass is 401 g/mol. The predicted octanol–water partition coefficient (Wildman–Crippen LogP) is 4.10. The Bertz CT molecular complexity index is 970. The van der Waals surface area contributed by atoms with Crippen LogP contribution in [0.25, 0.3) is 11.3 Å². The molecule has 0 unspecified atom stereocenters. The number of anilines is 2. The van der Waals surface area contributed by atoms with E-state index in [-0.39, 0.29) is 5.91 Å². The zero-order valence-corrected chi connectivity index (χ0v) is 17.1. The van der Waals surface area contributed by atoms with Crippen LogP contribution < -0.4 is 10.6 Å². The molecule has 0 saturated carbocycles. The molecule has 4 rings (SSSR count). The van der Waals surface area contributed by atoms with Crippen molar-refractivity contribution in [3.63, 3.8) is 0 Å². The molecule has 6 nitrogen and oxygen atoms in total. The molecule has 0 bridgehead atoms. The molecule has 6 heteroatoms. The molecule has 0 aliphatic carbocycles. The lowest BCUT2D eigenvalue weighted by Gasteiger charge is -2.14. The third-order valence-corrected chi connectivity index (χ3v) is 5.27. The van der Waals surface area contributed by atoms with Crippen molar-refractivity contribution in [2.75, 3.05) is 31.5 Å². The molecule has 3 aromatic rings. The van der Waals surface area contributed by atoms with Crippen LogP contribution in [0.5, 0.6) is 0 Å². The summed E-state index contributed by atoms with van der Waals surface area (Å²) in [6, 6.07) is 19.4.